The highest BCUT2D eigenvalue weighted by Crippen LogP contribution is 2.20. The van der Waals surface area contributed by atoms with Gasteiger partial charge in [0, 0.05) is 23.0 Å². The van der Waals surface area contributed by atoms with Crippen molar-refractivity contribution in [2.75, 3.05) is 13.7 Å². The van der Waals surface area contributed by atoms with Gasteiger partial charge in [-0.1, -0.05) is 12.1 Å². The summed E-state index contributed by atoms with van der Waals surface area (Å²) in [5, 5.41) is 0. The molecule has 0 fully saturated rings. The van der Waals surface area contributed by atoms with Crippen LogP contribution in [0.25, 0.3) is 0 Å². The smallest absolute Gasteiger partial charge is 0.269 e. The molecule has 2 rings (SSSR count). The molecular weight excluding hydrogens is 438 g/mol. The Morgan fingerprint density at radius 3 is 2.33 bits per heavy atom. The number of carbonyl (C=O) groups is 2. The maximum absolute atomic E-state index is 12.2. The molecule has 0 radical (unpaired) electrons. The van der Waals surface area contributed by atoms with Crippen LogP contribution in [0.3, 0.4) is 0 Å². The molecule has 2 amide bonds. The van der Waals surface area contributed by atoms with E-state index in [0.717, 1.165) is 0 Å². The highest BCUT2D eigenvalue weighted by atomic mass is 79.9. The summed E-state index contributed by atoms with van der Waals surface area (Å²) in [4.78, 5) is 23.8. The van der Waals surface area contributed by atoms with Crippen molar-refractivity contribution in [1.29, 1.82) is 0 Å². The Morgan fingerprint density at radius 1 is 1.04 bits per heavy atom. The molecule has 27 heavy (non-hydrogen) atoms. The number of methoxy groups -OCH3 is 1. The minimum atomic E-state index is -3.74. The van der Waals surface area contributed by atoms with Crippen LogP contribution in [0, 0.1) is 0 Å². The van der Waals surface area contributed by atoms with E-state index >= 15 is 0 Å². The first-order valence-corrected chi connectivity index (χ1v) is 10.1. The summed E-state index contributed by atoms with van der Waals surface area (Å²) in [6.07, 6.45) is -0.146. The van der Waals surface area contributed by atoms with Crippen LogP contribution in [0.1, 0.15) is 16.8 Å². The summed E-state index contributed by atoms with van der Waals surface area (Å²) < 4.78 is 32.1. The number of nitrogens with one attached hydrogen (secondary N) is 3. The first-order valence-electron chi connectivity index (χ1n) is 7.81. The molecule has 0 aliphatic rings. The van der Waals surface area contributed by atoms with Gasteiger partial charge in [0.2, 0.25) is 15.9 Å². The van der Waals surface area contributed by atoms with Crippen LogP contribution in [0.2, 0.25) is 0 Å². The maximum Gasteiger partial charge on any atom is 0.269 e. The molecule has 0 bridgehead atoms. The first-order chi connectivity index (χ1) is 12.8. The van der Waals surface area contributed by atoms with Crippen molar-refractivity contribution in [2.45, 2.75) is 11.3 Å². The second-order valence-corrected chi connectivity index (χ2v) is 7.90. The SMILES string of the molecule is COc1ccc(C(=O)NNC(=O)CCNS(=O)(=O)c2ccccc2Br)cc1. The molecule has 3 N–H and O–H groups in total. The Hall–Kier alpha value is -2.43. The number of amides is 2. The standard InChI is InChI=1S/C17H18BrN3O5S/c1-26-13-8-6-12(7-9-13)17(23)21-20-16(22)10-11-19-27(24,25)15-5-3-2-4-14(15)18/h2-9,19H,10-11H2,1H3,(H,20,22)(H,21,23). The predicted octanol–water partition coefficient (Wildman–Crippen LogP) is 1.59. The molecule has 8 nitrogen and oxygen atoms in total. The van der Waals surface area contributed by atoms with Crippen LogP contribution in [0.4, 0.5) is 0 Å². The molecule has 0 aliphatic carbocycles. The third kappa shape index (κ3) is 6.05. The second kappa shape index (κ2) is 9.49. The van der Waals surface area contributed by atoms with Crippen molar-refractivity contribution in [3.8, 4) is 5.75 Å². The number of hydrogen-bond acceptors (Lipinski definition) is 5. The summed E-state index contributed by atoms with van der Waals surface area (Å²) in [6, 6.07) is 12.7. The zero-order valence-electron chi connectivity index (χ0n) is 14.4. The van der Waals surface area contributed by atoms with Gasteiger partial charge in [-0.3, -0.25) is 20.4 Å². The van der Waals surface area contributed by atoms with Crippen LogP contribution < -0.4 is 20.3 Å². The number of carbonyl (C=O) groups excluding carboxylic acids is 2. The minimum absolute atomic E-state index is 0.0817. The largest absolute Gasteiger partial charge is 0.497 e. The zero-order valence-corrected chi connectivity index (χ0v) is 16.8. The summed E-state index contributed by atoms with van der Waals surface area (Å²) in [5.41, 5.74) is 4.83. The molecule has 0 heterocycles. The van der Waals surface area contributed by atoms with Crippen molar-refractivity contribution in [3.63, 3.8) is 0 Å². The fourth-order valence-corrected chi connectivity index (χ4v) is 4.08. The topological polar surface area (TPSA) is 114 Å². The second-order valence-electron chi connectivity index (χ2n) is 5.31. The Labute approximate surface area is 165 Å². The molecule has 0 unspecified atom stereocenters. The molecule has 144 valence electrons. The quantitative estimate of drug-likeness (QED) is 0.548. The zero-order chi connectivity index (χ0) is 19.9. The fraction of sp³-hybridized carbons (Fsp3) is 0.176. The lowest BCUT2D eigenvalue weighted by Gasteiger charge is -2.10. The normalized spacial score (nSPS) is 10.9. The molecule has 10 heteroatoms. The number of hydrogen-bond donors (Lipinski definition) is 3. The van der Waals surface area contributed by atoms with E-state index in [0.29, 0.717) is 15.8 Å². The van der Waals surface area contributed by atoms with E-state index in [1.165, 1.54) is 13.2 Å². The average molecular weight is 456 g/mol. The van der Waals surface area contributed by atoms with Crippen LogP contribution in [0.15, 0.2) is 57.9 Å². The summed E-state index contributed by atoms with van der Waals surface area (Å²) in [5.74, 6) is -0.431. The Kier molecular flexibility index (Phi) is 7.34. The molecule has 2 aromatic carbocycles. The summed E-state index contributed by atoms with van der Waals surface area (Å²) in [6.45, 7) is -0.117. The Morgan fingerprint density at radius 2 is 1.70 bits per heavy atom. The van der Waals surface area contributed by atoms with Crippen molar-refractivity contribution in [2.24, 2.45) is 0 Å². The molecule has 0 atom stereocenters. The molecule has 0 saturated carbocycles. The summed E-state index contributed by atoms with van der Waals surface area (Å²) >= 11 is 3.17. The Bertz CT molecular complexity index is 916. The number of benzene rings is 2. The van der Waals surface area contributed by atoms with Crippen molar-refractivity contribution < 1.29 is 22.7 Å². The number of hydrazine groups is 1. The number of ether oxygens (including phenoxy) is 1. The molecule has 2 aromatic rings. The van der Waals surface area contributed by atoms with Gasteiger partial charge in [-0.15, -0.1) is 0 Å². The van der Waals surface area contributed by atoms with Gasteiger partial charge in [0.15, 0.2) is 0 Å². The lowest BCUT2D eigenvalue weighted by molar-refractivity contribution is -0.121. The van der Waals surface area contributed by atoms with Gasteiger partial charge in [0.25, 0.3) is 5.91 Å². The minimum Gasteiger partial charge on any atom is -0.497 e. The fourth-order valence-electron chi connectivity index (χ4n) is 2.04. The van der Waals surface area contributed by atoms with Gasteiger partial charge >= 0.3 is 0 Å². The number of sulfonamides is 1. The Balaban J connectivity index is 1.79. The van der Waals surface area contributed by atoms with Crippen LogP contribution >= 0.6 is 15.9 Å². The van der Waals surface area contributed by atoms with Crippen LogP contribution in [-0.4, -0.2) is 33.9 Å². The van der Waals surface area contributed by atoms with Crippen molar-refractivity contribution >= 4 is 37.8 Å². The molecular formula is C17H18BrN3O5S. The van der Waals surface area contributed by atoms with Gasteiger partial charge in [-0.25, -0.2) is 13.1 Å². The predicted molar refractivity (Wildman–Crippen MR) is 103 cm³/mol. The van der Waals surface area contributed by atoms with Gasteiger partial charge in [0.1, 0.15) is 5.75 Å². The van der Waals surface area contributed by atoms with Crippen molar-refractivity contribution in [3.05, 3.63) is 58.6 Å². The third-order valence-corrected chi connectivity index (χ3v) is 5.91. The van der Waals surface area contributed by atoms with E-state index < -0.39 is 21.8 Å². The van der Waals surface area contributed by atoms with Gasteiger partial charge in [0.05, 0.1) is 12.0 Å². The van der Waals surface area contributed by atoms with E-state index in [9.17, 15) is 18.0 Å². The van der Waals surface area contributed by atoms with Gasteiger partial charge in [-0.2, -0.15) is 0 Å². The first kappa shape index (κ1) is 20.9. The van der Waals surface area contributed by atoms with E-state index in [1.807, 2.05) is 0 Å². The van der Waals surface area contributed by atoms with E-state index in [4.69, 9.17) is 4.74 Å². The maximum atomic E-state index is 12.2. The monoisotopic (exact) mass is 455 g/mol. The number of rotatable bonds is 7. The lowest BCUT2D eigenvalue weighted by Crippen LogP contribution is -2.42. The average Bonchev–Trinajstić information content (AvgIpc) is 2.66. The third-order valence-electron chi connectivity index (χ3n) is 3.44. The molecule has 0 spiro atoms. The molecule has 0 aliphatic heterocycles. The van der Waals surface area contributed by atoms with Gasteiger partial charge < -0.3 is 4.74 Å². The van der Waals surface area contributed by atoms with E-state index in [2.05, 4.69) is 31.5 Å². The van der Waals surface area contributed by atoms with Crippen molar-refractivity contribution in [1.82, 2.24) is 15.6 Å². The lowest BCUT2D eigenvalue weighted by atomic mass is 10.2. The highest BCUT2D eigenvalue weighted by Gasteiger charge is 2.17. The van der Waals surface area contributed by atoms with Crippen LogP contribution in [-0.2, 0) is 14.8 Å². The van der Waals surface area contributed by atoms with E-state index in [1.54, 1.807) is 42.5 Å². The number of halogens is 1. The van der Waals surface area contributed by atoms with Crippen LogP contribution in [0.5, 0.6) is 5.75 Å². The van der Waals surface area contributed by atoms with Gasteiger partial charge in [-0.05, 0) is 52.3 Å². The van der Waals surface area contributed by atoms with E-state index in [-0.39, 0.29) is 17.9 Å². The summed E-state index contributed by atoms with van der Waals surface area (Å²) in [7, 11) is -2.23. The highest BCUT2D eigenvalue weighted by molar-refractivity contribution is 9.10. The molecule has 0 saturated heterocycles. The molecule has 0 aromatic heterocycles.